The van der Waals surface area contributed by atoms with Gasteiger partial charge in [0.1, 0.15) is 11.6 Å². The maximum atomic E-state index is 12.4. The minimum atomic E-state index is -0.250. The Morgan fingerprint density at radius 2 is 1.97 bits per heavy atom. The average molecular weight is 408 g/mol. The summed E-state index contributed by atoms with van der Waals surface area (Å²) < 4.78 is 7.59. The zero-order chi connectivity index (χ0) is 21.4. The van der Waals surface area contributed by atoms with Gasteiger partial charge in [-0.25, -0.2) is 4.98 Å². The summed E-state index contributed by atoms with van der Waals surface area (Å²) in [4.78, 5) is 39.1. The molecule has 0 spiro atoms. The SMILES string of the molecule is CN1C(=O)COc2cc3c(cc21)C(c1nc2ccccc2n1C)CC(=O)N3.O=CO. The van der Waals surface area contributed by atoms with Crippen LogP contribution in [-0.2, 0) is 21.4 Å². The molecule has 0 saturated heterocycles. The van der Waals surface area contributed by atoms with Crippen molar-refractivity contribution in [3.8, 4) is 5.75 Å². The molecule has 30 heavy (non-hydrogen) atoms. The number of fused-ring (bicyclic) bond motifs is 3. The van der Waals surface area contributed by atoms with E-state index < -0.39 is 0 Å². The van der Waals surface area contributed by atoms with Gasteiger partial charge in [0.05, 0.1) is 22.6 Å². The van der Waals surface area contributed by atoms with Crippen molar-refractivity contribution in [2.24, 2.45) is 7.05 Å². The molecule has 1 aromatic heterocycles. The second-order valence-corrected chi connectivity index (χ2v) is 7.08. The number of rotatable bonds is 1. The summed E-state index contributed by atoms with van der Waals surface area (Å²) in [5, 5.41) is 9.82. The van der Waals surface area contributed by atoms with E-state index in [4.69, 9.17) is 19.6 Å². The normalized spacial score (nSPS) is 17.3. The molecule has 2 aliphatic heterocycles. The summed E-state index contributed by atoms with van der Waals surface area (Å²) in [6, 6.07) is 11.7. The van der Waals surface area contributed by atoms with Crippen molar-refractivity contribution >= 4 is 40.7 Å². The fourth-order valence-electron chi connectivity index (χ4n) is 3.93. The van der Waals surface area contributed by atoms with E-state index in [0.29, 0.717) is 23.5 Å². The largest absolute Gasteiger partial charge is 0.483 e. The lowest BCUT2D eigenvalue weighted by Crippen LogP contribution is -2.36. The van der Waals surface area contributed by atoms with E-state index >= 15 is 0 Å². The maximum absolute atomic E-state index is 12.4. The molecule has 2 aromatic carbocycles. The number of anilines is 2. The molecule has 9 nitrogen and oxygen atoms in total. The highest BCUT2D eigenvalue weighted by Gasteiger charge is 2.33. The van der Waals surface area contributed by atoms with E-state index in [1.54, 1.807) is 18.0 Å². The Bertz CT molecular complexity index is 1170. The number of benzene rings is 2. The van der Waals surface area contributed by atoms with Crippen LogP contribution in [0.5, 0.6) is 5.75 Å². The number of ether oxygens (including phenoxy) is 1. The lowest BCUT2D eigenvalue weighted by atomic mass is 9.88. The van der Waals surface area contributed by atoms with E-state index in [1.807, 2.05) is 41.9 Å². The van der Waals surface area contributed by atoms with E-state index in [2.05, 4.69) is 5.32 Å². The van der Waals surface area contributed by atoms with Crippen molar-refractivity contribution in [1.82, 2.24) is 9.55 Å². The predicted molar refractivity (Wildman–Crippen MR) is 110 cm³/mol. The molecule has 0 fully saturated rings. The highest BCUT2D eigenvalue weighted by Crippen LogP contribution is 2.44. The van der Waals surface area contributed by atoms with Gasteiger partial charge >= 0.3 is 0 Å². The standard InChI is InChI=1S/C20H18N4O3.CH2O2/c1-23-16-7-11-12(20-22-13-5-3-4-6-15(13)24(20)2)8-18(25)21-14(11)9-17(16)27-10-19(23)26;2-1-3/h3-7,9,12H,8,10H2,1-2H3,(H,21,25);1H,(H,2,3). The van der Waals surface area contributed by atoms with Gasteiger partial charge in [-0.2, -0.15) is 0 Å². The topological polar surface area (TPSA) is 114 Å². The first kappa shape index (κ1) is 19.4. The number of hydrogen-bond acceptors (Lipinski definition) is 5. The molecule has 0 radical (unpaired) electrons. The molecule has 1 atom stereocenters. The van der Waals surface area contributed by atoms with Crippen LogP contribution in [0.25, 0.3) is 11.0 Å². The number of aryl methyl sites for hydroxylation is 1. The second-order valence-electron chi connectivity index (χ2n) is 7.08. The third kappa shape index (κ3) is 3.14. The molecule has 3 aromatic rings. The van der Waals surface area contributed by atoms with Crippen molar-refractivity contribution < 1.29 is 24.2 Å². The Kier molecular flexibility index (Phi) is 4.86. The summed E-state index contributed by atoms with van der Waals surface area (Å²) in [5.41, 5.74) is 4.29. The molecule has 2 N–H and O–H groups in total. The number of nitrogens with zero attached hydrogens (tertiary/aromatic N) is 3. The van der Waals surface area contributed by atoms with Crippen LogP contribution in [-0.4, -0.2) is 46.6 Å². The molecule has 2 amide bonds. The molecule has 9 heteroatoms. The third-order valence-corrected chi connectivity index (χ3v) is 5.39. The minimum absolute atomic E-state index is 0.00438. The Hall–Kier alpha value is -3.88. The fraction of sp³-hybridized carbons (Fsp3) is 0.238. The number of amides is 2. The van der Waals surface area contributed by atoms with Gasteiger partial charge in [0.2, 0.25) is 5.91 Å². The number of imidazole rings is 1. The van der Waals surface area contributed by atoms with Crippen LogP contribution in [0.15, 0.2) is 36.4 Å². The highest BCUT2D eigenvalue weighted by atomic mass is 16.5. The molecule has 0 bridgehead atoms. The number of carboxylic acid groups (broad SMARTS) is 1. The van der Waals surface area contributed by atoms with E-state index in [1.165, 1.54) is 0 Å². The van der Waals surface area contributed by atoms with E-state index in [9.17, 15) is 9.59 Å². The van der Waals surface area contributed by atoms with Gasteiger partial charge < -0.3 is 24.6 Å². The summed E-state index contributed by atoms with van der Waals surface area (Å²) in [6.45, 7) is -0.246. The monoisotopic (exact) mass is 408 g/mol. The first-order valence-electron chi connectivity index (χ1n) is 9.31. The zero-order valence-electron chi connectivity index (χ0n) is 16.5. The molecule has 0 aliphatic carbocycles. The minimum Gasteiger partial charge on any atom is -0.483 e. The molecule has 154 valence electrons. The maximum Gasteiger partial charge on any atom is 0.290 e. The second kappa shape index (κ2) is 7.51. The number of para-hydroxylation sites is 2. The van der Waals surface area contributed by atoms with Crippen LogP contribution < -0.4 is 15.0 Å². The first-order chi connectivity index (χ1) is 14.4. The van der Waals surface area contributed by atoms with Crippen molar-refractivity contribution in [3.63, 3.8) is 0 Å². The number of carbonyl (C=O) groups excluding carboxylic acids is 2. The number of nitrogens with one attached hydrogen (secondary N) is 1. The predicted octanol–water partition coefficient (Wildman–Crippen LogP) is 2.10. The molecule has 3 heterocycles. The smallest absolute Gasteiger partial charge is 0.290 e. The van der Waals surface area contributed by atoms with Crippen LogP contribution in [0.2, 0.25) is 0 Å². The van der Waals surface area contributed by atoms with Crippen LogP contribution in [0.1, 0.15) is 23.7 Å². The van der Waals surface area contributed by atoms with Crippen LogP contribution >= 0.6 is 0 Å². The van der Waals surface area contributed by atoms with Gasteiger partial charge in [-0.1, -0.05) is 12.1 Å². The van der Waals surface area contributed by atoms with Gasteiger partial charge in [-0.05, 0) is 23.8 Å². The molecule has 1 unspecified atom stereocenters. The Morgan fingerprint density at radius 3 is 2.70 bits per heavy atom. The van der Waals surface area contributed by atoms with Gasteiger partial charge in [0.25, 0.3) is 12.4 Å². The molecule has 2 aliphatic rings. The number of likely N-dealkylation sites (N-methyl/N-ethyl adjacent to an activating group) is 1. The lowest BCUT2D eigenvalue weighted by Gasteiger charge is -2.31. The Balaban J connectivity index is 0.000000687. The van der Waals surface area contributed by atoms with E-state index in [-0.39, 0.29) is 30.8 Å². The van der Waals surface area contributed by atoms with Crippen molar-refractivity contribution in [2.45, 2.75) is 12.3 Å². The van der Waals surface area contributed by atoms with E-state index in [0.717, 1.165) is 22.4 Å². The molecule has 0 saturated carbocycles. The van der Waals surface area contributed by atoms with Gasteiger partial charge in [-0.15, -0.1) is 0 Å². The van der Waals surface area contributed by atoms with Crippen LogP contribution in [0, 0.1) is 0 Å². The summed E-state index contributed by atoms with van der Waals surface area (Å²) in [6.07, 6.45) is 0.307. The zero-order valence-corrected chi connectivity index (χ0v) is 16.5. The number of aromatic nitrogens is 2. The van der Waals surface area contributed by atoms with Gasteiger partial charge in [-0.3, -0.25) is 14.4 Å². The van der Waals surface area contributed by atoms with Gasteiger partial charge in [0, 0.05) is 32.3 Å². The summed E-state index contributed by atoms with van der Waals surface area (Å²) in [5.74, 6) is 1.09. The highest BCUT2D eigenvalue weighted by molar-refractivity contribution is 6.00. The average Bonchev–Trinajstić information content (AvgIpc) is 3.06. The fourth-order valence-corrected chi connectivity index (χ4v) is 3.93. The number of carbonyl (C=O) groups is 3. The Morgan fingerprint density at radius 1 is 1.23 bits per heavy atom. The molecular weight excluding hydrogens is 388 g/mol. The Labute approximate surface area is 171 Å². The number of hydrogen-bond donors (Lipinski definition) is 2. The molecule has 5 rings (SSSR count). The molecular formula is C21H20N4O5. The lowest BCUT2D eigenvalue weighted by molar-refractivity contribution is -0.123. The van der Waals surface area contributed by atoms with Crippen LogP contribution in [0.4, 0.5) is 11.4 Å². The third-order valence-electron chi connectivity index (χ3n) is 5.39. The first-order valence-corrected chi connectivity index (χ1v) is 9.31. The van der Waals surface area contributed by atoms with Crippen molar-refractivity contribution in [2.75, 3.05) is 23.9 Å². The van der Waals surface area contributed by atoms with Crippen LogP contribution in [0.3, 0.4) is 0 Å². The quantitative estimate of drug-likeness (QED) is 0.596. The van der Waals surface area contributed by atoms with Gasteiger partial charge in [0.15, 0.2) is 6.61 Å². The van der Waals surface area contributed by atoms with Crippen molar-refractivity contribution in [1.29, 1.82) is 0 Å². The summed E-state index contributed by atoms with van der Waals surface area (Å²) >= 11 is 0. The summed E-state index contributed by atoms with van der Waals surface area (Å²) in [7, 11) is 3.70. The van der Waals surface area contributed by atoms with Crippen molar-refractivity contribution in [3.05, 3.63) is 47.8 Å².